The van der Waals surface area contributed by atoms with Crippen LogP contribution in [0.2, 0.25) is 0 Å². The maximum atomic E-state index is 6.29. The van der Waals surface area contributed by atoms with Crippen molar-refractivity contribution >= 4 is 0 Å². The minimum absolute atomic E-state index is 0.176. The molecule has 1 aliphatic rings. The molecular formula is C17H28N2. The van der Waals surface area contributed by atoms with E-state index in [2.05, 4.69) is 49.9 Å². The van der Waals surface area contributed by atoms with E-state index in [1.54, 1.807) is 0 Å². The van der Waals surface area contributed by atoms with E-state index in [0.717, 1.165) is 5.92 Å². The predicted molar refractivity (Wildman–Crippen MR) is 82.2 cm³/mol. The van der Waals surface area contributed by atoms with E-state index >= 15 is 0 Å². The molecule has 0 aliphatic carbocycles. The molecule has 2 heteroatoms. The Morgan fingerprint density at radius 1 is 1.26 bits per heavy atom. The number of hydrogen-bond acceptors (Lipinski definition) is 2. The second-order valence-electron chi connectivity index (χ2n) is 6.29. The Balaban J connectivity index is 2.20. The topological polar surface area (TPSA) is 29.3 Å². The Hall–Kier alpha value is -0.860. The number of aryl methyl sites for hydroxylation is 1. The molecule has 1 aliphatic heterocycles. The van der Waals surface area contributed by atoms with Crippen LogP contribution in [0.5, 0.6) is 0 Å². The number of hydrogen-bond donors (Lipinski definition) is 1. The van der Waals surface area contributed by atoms with Gasteiger partial charge in [-0.1, -0.05) is 36.8 Å². The van der Waals surface area contributed by atoms with Gasteiger partial charge >= 0.3 is 0 Å². The predicted octanol–water partition coefficient (Wildman–Crippen LogP) is 3.51. The average Bonchev–Trinajstić information content (AvgIpc) is 2.55. The van der Waals surface area contributed by atoms with Gasteiger partial charge in [-0.2, -0.15) is 0 Å². The summed E-state index contributed by atoms with van der Waals surface area (Å²) in [7, 11) is 0. The minimum Gasteiger partial charge on any atom is -0.326 e. The summed E-state index contributed by atoms with van der Waals surface area (Å²) in [6.45, 7) is 9.04. The summed E-state index contributed by atoms with van der Waals surface area (Å²) in [4.78, 5) is 2.60. The number of benzene rings is 1. The lowest BCUT2D eigenvalue weighted by Crippen LogP contribution is -2.40. The van der Waals surface area contributed by atoms with Crippen molar-refractivity contribution in [3.05, 3.63) is 35.4 Å². The van der Waals surface area contributed by atoms with Crippen molar-refractivity contribution < 1.29 is 0 Å². The van der Waals surface area contributed by atoms with E-state index in [1.807, 2.05) is 0 Å². The molecule has 0 spiro atoms. The molecule has 1 saturated heterocycles. The Labute approximate surface area is 118 Å². The smallest absolute Gasteiger partial charge is 0.0496 e. The van der Waals surface area contributed by atoms with Crippen LogP contribution < -0.4 is 5.73 Å². The molecule has 19 heavy (non-hydrogen) atoms. The third-order valence-electron chi connectivity index (χ3n) is 4.33. The lowest BCUT2D eigenvalue weighted by molar-refractivity contribution is 0.181. The van der Waals surface area contributed by atoms with E-state index < -0.39 is 0 Å². The van der Waals surface area contributed by atoms with Crippen LogP contribution in [-0.2, 0) is 0 Å². The highest BCUT2D eigenvalue weighted by Gasteiger charge is 2.25. The molecule has 1 aromatic rings. The highest BCUT2D eigenvalue weighted by Crippen LogP contribution is 2.28. The van der Waals surface area contributed by atoms with Gasteiger partial charge in [-0.25, -0.2) is 0 Å². The number of nitrogens with two attached hydrogens (primary N) is 1. The normalized spacial score (nSPS) is 24.7. The van der Waals surface area contributed by atoms with Gasteiger partial charge in [-0.05, 0) is 57.7 Å². The Kier molecular flexibility index (Phi) is 5.00. The SMILES string of the molecule is Cc1cccc(C(C(C)N)N2CCCC(C)CC2)c1. The van der Waals surface area contributed by atoms with Crippen LogP contribution in [0.1, 0.15) is 50.3 Å². The lowest BCUT2D eigenvalue weighted by atomic mass is 9.97. The number of nitrogens with zero attached hydrogens (tertiary/aromatic N) is 1. The summed E-state index contributed by atoms with van der Waals surface area (Å²) < 4.78 is 0. The minimum atomic E-state index is 0.176. The van der Waals surface area contributed by atoms with Crippen LogP contribution in [0.15, 0.2) is 24.3 Å². The maximum absolute atomic E-state index is 6.29. The Bertz CT molecular complexity index is 400. The molecular weight excluding hydrogens is 232 g/mol. The molecule has 3 atom stereocenters. The molecule has 3 unspecified atom stereocenters. The monoisotopic (exact) mass is 260 g/mol. The van der Waals surface area contributed by atoms with E-state index in [-0.39, 0.29) is 6.04 Å². The molecule has 2 nitrogen and oxygen atoms in total. The zero-order valence-corrected chi connectivity index (χ0v) is 12.6. The van der Waals surface area contributed by atoms with Gasteiger partial charge in [0, 0.05) is 12.1 Å². The third-order valence-corrected chi connectivity index (χ3v) is 4.33. The van der Waals surface area contributed by atoms with Gasteiger partial charge in [0.1, 0.15) is 0 Å². The van der Waals surface area contributed by atoms with Crippen molar-refractivity contribution in [1.29, 1.82) is 0 Å². The van der Waals surface area contributed by atoms with Crippen LogP contribution >= 0.6 is 0 Å². The molecule has 2 rings (SSSR count). The summed E-state index contributed by atoms with van der Waals surface area (Å²) in [6, 6.07) is 9.38. The van der Waals surface area contributed by atoms with Gasteiger partial charge < -0.3 is 5.73 Å². The zero-order chi connectivity index (χ0) is 13.8. The summed E-state index contributed by atoms with van der Waals surface area (Å²) in [5, 5.41) is 0. The van der Waals surface area contributed by atoms with Crippen molar-refractivity contribution in [3.8, 4) is 0 Å². The van der Waals surface area contributed by atoms with Gasteiger partial charge in [0.2, 0.25) is 0 Å². The van der Waals surface area contributed by atoms with Crippen LogP contribution in [-0.4, -0.2) is 24.0 Å². The van der Waals surface area contributed by atoms with Crippen LogP contribution in [0.3, 0.4) is 0 Å². The maximum Gasteiger partial charge on any atom is 0.0496 e. The van der Waals surface area contributed by atoms with Crippen LogP contribution in [0.4, 0.5) is 0 Å². The molecule has 1 aromatic carbocycles. The van der Waals surface area contributed by atoms with E-state index in [1.165, 1.54) is 43.5 Å². The highest BCUT2D eigenvalue weighted by molar-refractivity contribution is 5.26. The zero-order valence-electron chi connectivity index (χ0n) is 12.6. The van der Waals surface area contributed by atoms with Crippen LogP contribution in [0.25, 0.3) is 0 Å². The molecule has 1 fully saturated rings. The van der Waals surface area contributed by atoms with E-state index in [9.17, 15) is 0 Å². The highest BCUT2D eigenvalue weighted by atomic mass is 15.2. The quantitative estimate of drug-likeness (QED) is 0.901. The standard InChI is InChI=1S/C17H28N2/c1-13-7-5-10-19(11-9-13)17(15(3)18)16-8-4-6-14(2)12-16/h4,6,8,12-13,15,17H,5,7,9-11,18H2,1-3H3. The van der Waals surface area contributed by atoms with Crippen molar-refractivity contribution in [2.24, 2.45) is 11.7 Å². The first-order valence-electron chi connectivity index (χ1n) is 7.64. The number of rotatable bonds is 3. The van der Waals surface area contributed by atoms with E-state index in [4.69, 9.17) is 5.73 Å². The first kappa shape index (κ1) is 14.5. The summed E-state index contributed by atoms with van der Waals surface area (Å²) in [6.07, 6.45) is 3.96. The second kappa shape index (κ2) is 6.53. The fourth-order valence-corrected chi connectivity index (χ4v) is 3.26. The number of likely N-dealkylation sites (tertiary alicyclic amines) is 1. The second-order valence-corrected chi connectivity index (χ2v) is 6.29. The Morgan fingerprint density at radius 3 is 2.74 bits per heavy atom. The average molecular weight is 260 g/mol. The van der Waals surface area contributed by atoms with Crippen molar-refractivity contribution in [1.82, 2.24) is 4.90 Å². The molecule has 2 N–H and O–H groups in total. The van der Waals surface area contributed by atoms with Gasteiger partial charge in [0.15, 0.2) is 0 Å². The van der Waals surface area contributed by atoms with Crippen molar-refractivity contribution in [2.75, 3.05) is 13.1 Å². The van der Waals surface area contributed by atoms with E-state index in [0.29, 0.717) is 6.04 Å². The largest absolute Gasteiger partial charge is 0.326 e. The van der Waals surface area contributed by atoms with Gasteiger partial charge in [-0.3, -0.25) is 4.90 Å². The summed E-state index contributed by atoms with van der Waals surface area (Å²) >= 11 is 0. The molecule has 0 saturated carbocycles. The van der Waals surface area contributed by atoms with Crippen LogP contribution in [0, 0.1) is 12.8 Å². The van der Waals surface area contributed by atoms with Gasteiger partial charge in [-0.15, -0.1) is 0 Å². The van der Waals surface area contributed by atoms with Gasteiger partial charge in [0.05, 0.1) is 0 Å². The molecule has 0 amide bonds. The summed E-state index contributed by atoms with van der Waals surface area (Å²) in [5.41, 5.74) is 9.00. The molecule has 1 heterocycles. The summed E-state index contributed by atoms with van der Waals surface area (Å²) in [5.74, 6) is 0.858. The lowest BCUT2D eigenvalue weighted by Gasteiger charge is -2.34. The fraction of sp³-hybridized carbons (Fsp3) is 0.647. The molecule has 0 bridgehead atoms. The van der Waals surface area contributed by atoms with Crippen molar-refractivity contribution in [2.45, 2.75) is 52.1 Å². The molecule has 106 valence electrons. The van der Waals surface area contributed by atoms with Crippen molar-refractivity contribution in [3.63, 3.8) is 0 Å². The fourth-order valence-electron chi connectivity index (χ4n) is 3.26. The molecule has 0 aromatic heterocycles. The Morgan fingerprint density at radius 2 is 2.05 bits per heavy atom. The first-order valence-corrected chi connectivity index (χ1v) is 7.64. The first-order chi connectivity index (χ1) is 9.08. The molecule has 0 radical (unpaired) electrons. The van der Waals surface area contributed by atoms with Gasteiger partial charge in [0.25, 0.3) is 0 Å². The third kappa shape index (κ3) is 3.80.